The van der Waals surface area contributed by atoms with Gasteiger partial charge in [-0.1, -0.05) is 18.2 Å². The van der Waals surface area contributed by atoms with Crippen LogP contribution in [0.5, 0.6) is 0 Å². The van der Waals surface area contributed by atoms with Crippen LogP contribution in [0.15, 0.2) is 30.5 Å². The van der Waals surface area contributed by atoms with Gasteiger partial charge in [-0.25, -0.2) is 0 Å². The molecule has 0 aliphatic heterocycles. The molecule has 2 rings (SSSR count). The monoisotopic (exact) mass is 503 g/mol. The van der Waals surface area contributed by atoms with Gasteiger partial charge in [0, 0.05) is 23.5 Å². The number of amides is 5. The summed E-state index contributed by atoms with van der Waals surface area (Å²) in [6.45, 7) is -0.730. The highest BCUT2D eigenvalue weighted by molar-refractivity contribution is 5.96. The Balaban J connectivity index is 2.10. The topological polar surface area (TPSA) is 253 Å². The summed E-state index contributed by atoms with van der Waals surface area (Å²) >= 11 is 0. The molecule has 3 unspecified atom stereocenters. The fraction of sp³-hybridized carbons (Fsp3) is 0.364. The van der Waals surface area contributed by atoms with E-state index in [1.807, 2.05) is 24.3 Å². The molecule has 1 heterocycles. The molecule has 0 fully saturated rings. The molecule has 0 radical (unpaired) electrons. The van der Waals surface area contributed by atoms with Gasteiger partial charge >= 0.3 is 5.97 Å². The molecule has 5 amide bonds. The van der Waals surface area contributed by atoms with Gasteiger partial charge in [0.15, 0.2) is 0 Å². The summed E-state index contributed by atoms with van der Waals surface area (Å²) in [5, 5.41) is 16.4. The Morgan fingerprint density at radius 2 is 1.58 bits per heavy atom. The molecule has 14 nitrogen and oxygen atoms in total. The van der Waals surface area contributed by atoms with Crippen molar-refractivity contribution in [2.75, 3.05) is 6.54 Å². The van der Waals surface area contributed by atoms with Crippen LogP contribution in [0.25, 0.3) is 10.9 Å². The number of hydrogen-bond donors (Lipinski definition) is 8. The second-order valence-electron chi connectivity index (χ2n) is 8.08. The Kier molecular flexibility index (Phi) is 9.92. The van der Waals surface area contributed by atoms with E-state index < -0.39 is 66.6 Å². The normalized spacial score (nSPS) is 13.2. The average molecular weight is 504 g/mol. The van der Waals surface area contributed by atoms with Gasteiger partial charge in [-0.2, -0.15) is 0 Å². The van der Waals surface area contributed by atoms with E-state index in [0.29, 0.717) is 0 Å². The third-order valence-corrected chi connectivity index (χ3v) is 5.22. The van der Waals surface area contributed by atoms with Gasteiger partial charge in [0.1, 0.15) is 18.6 Å². The Morgan fingerprint density at radius 1 is 0.917 bits per heavy atom. The number of H-pyrrole nitrogens is 1. The van der Waals surface area contributed by atoms with E-state index in [2.05, 4.69) is 20.9 Å². The number of carbonyl (C=O) groups is 6. The van der Waals surface area contributed by atoms with Gasteiger partial charge in [0.05, 0.1) is 12.5 Å². The van der Waals surface area contributed by atoms with Crippen molar-refractivity contribution in [2.24, 2.45) is 17.2 Å². The Hall–Kier alpha value is -4.46. The number of rotatable bonds is 14. The third kappa shape index (κ3) is 8.39. The molecule has 0 bridgehead atoms. The molecule has 0 saturated carbocycles. The summed E-state index contributed by atoms with van der Waals surface area (Å²) in [6, 6.07) is 3.47. The third-order valence-electron chi connectivity index (χ3n) is 5.22. The van der Waals surface area contributed by atoms with Gasteiger partial charge in [-0.3, -0.25) is 28.8 Å². The first kappa shape index (κ1) is 27.8. The molecule has 1 aromatic carbocycles. The number of nitrogens with one attached hydrogen (secondary N) is 4. The van der Waals surface area contributed by atoms with Crippen LogP contribution in [0.4, 0.5) is 0 Å². The summed E-state index contributed by atoms with van der Waals surface area (Å²) in [4.78, 5) is 74.3. The molecule has 36 heavy (non-hydrogen) atoms. The maximum absolute atomic E-state index is 12.8. The summed E-state index contributed by atoms with van der Waals surface area (Å²) in [5.74, 6) is -5.60. The fourth-order valence-corrected chi connectivity index (χ4v) is 3.43. The lowest BCUT2D eigenvalue weighted by Gasteiger charge is -2.23. The zero-order valence-corrected chi connectivity index (χ0v) is 19.3. The number of aromatic amines is 1. The standard InChI is InChI=1S/C22H29N7O7/c23-13(7-11-9-26-14-4-2-1-3-12(11)14)20(34)29-16(8-18(25)31)22(36)28-15(5-6-17(24)30)21(35)27-10-19(32)33/h1-4,9,13,15-16,26H,5-8,10,23H2,(H2,24,30)(H2,25,31)(H,27,35)(H,28,36)(H,29,34)(H,32,33). The van der Waals surface area contributed by atoms with Crippen LogP contribution in [0.2, 0.25) is 0 Å². The zero-order chi connectivity index (χ0) is 26.8. The predicted molar refractivity (Wildman–Crippen MR) is 127 cm³/mol. The minimum Gasteiger partial charge on any atom is -0.480 e. The molecule has 194 valence electrons. The van der Waals surface area contributed by atoms with Crippen molar-refractivity contribution < 1.29 is 33.9 Å². The van der Waals surface area contributed by atoms with E-state index in [4.69, 9.17) is 22.3 Å². The van der Waals surface area contributed by atoms with Crippen molar-refractivity contribution in [3.63, 3.8) is 0 Å². The first-order valence-electron chi connectivity index (χ1n) is 10.9. The lowest BCUT2D eigenvalue weighted by Crippen LogP contribution is -2.57. The van der Waals surface area contributed by atoms with Crippen LogP contribution in [-0.4, -0.2) is 70.3 Å². The number of carboxylic acids is 1. The molecule has 3 atom stereocenters. The molecule has 0 spiro atoms. The second-order valence-corrected chi connectivity index (χ2v) is 8.08. The number of carbonyl (C=O) groups excluding carboxylic acids is 5. The van der Waals surface area contributed by atoms with Gasteiger partial charge in [-0.05, 0) is 24.5 Å². The van der Waals surface area contributed by atoms with E-state index in [1.54, 1.807) is 6.20 Å². The maximum atomic E-state index is 12.8. The Morgan fingerprint density at radius 3 is 2.22 bits per heavy atom. The van der Waals surface area contributed by atoms with E-state index in [-0.39, 0.29) is 19.3 Å². The molecule has 0 saturated heterocycles. The molecular weight excluding hydrogens is 474 g/mol. The van der Waals surface area contributed by atoms with Crippen LogP contribution in [-0.2, 0) is 35.2 Å². The molecule has 1 aromatic heterocycles. The van der Waals surface area contributed by atoms with Crippen LogP contribution < -0.4 is 33.2 Å². The number of carboxylic acid groups (broad SMARTS) is 1. The SMILES string of the molecule is NC(=O)CCC(NC(=O)C(CC(N)=O)NC(=O)C(N)Cc1c[nH]c2ccccc12)C(=O)NCC(=O)O. The molecule has 11 N–H and O–H groups in total. The molecule has 0 aliphatic rings. The van der Waals surface area contributed by atoms with Crippen LogP contribution >= 0.6 is 0 Å². The Labute approximate surface area is 205 Å². The lowest BCUT2D eigenvalue weighted by atomic mass is 10.0. The van der Waals surface area contributed by atoms with Crippen molar-refractivity contribution >= 4 is 46.4 Å². The van der Waals surface area contributed by atoms with E-state index in [1.165, 1.54) is 0 Å². The van der Waals surface area contributed by atoms with Gasteiger partial charge < -0.3 is 43.2 Å². The van der Waals surface area contributed by atoms with E-state index in [0.717, 1.165) is 16.5 Å². The number of aliphatic carboxylic acids is 1. The highest BCUT2D eigenvalue weighted by atomic mass is 16.4. The second kappa shape index (κ2) is 12.9. The number of hydrogen-bond acceptors (Lipinski definition) is 7. The largest absolute Gasteiger partial charge is 0.480 e. The van der Waals surface area contributed by atoms with Crippen molar-refractivity contribution in [3.8, 4) is 0 Å². The van der Waals surface area contributed by atoms with E-state index >= 15 is 0 Å². The first-order chi connectivity index (χ1) is 17.0. The summed E-state index contributed by atoms with van der Waals surface area (Å²) < 4.78 is 0. The number of primary amides is 2. The summed E-state index contributed by atoms with van der Waals surface area (Å²) in [6.07, 6.45) is 0.693. The summed E-state index contributed by atoms with van der Waals surface area (Å²) in [5.41, 5.74) is 18.0. The average Bonchev–Trinajstić information content (AvgIpc) is 3.21. The fourth-order valence-electron chi connectivity index (χ4n) is 3.43. The zero-order valence-electron chi connectivity index (χ0n) is 19.3. The predicted octanol–water partition coefficient (Wildman–Crippen LogP) is -2.65. The molecular formula is C22H29N7O7. The number of aromatic nitrogens is 1. The molecule has 0 aliphatic carbocycles. The van der Waals surface area contributed by atoms with Crippen LogP contribution in [0, 0.1) is 0 Å². The van der Waals surface area contributed by atoms with Crippen molar-refractivity contribution in [1.82, 2.24) is 20.9 Å². The highest BCUT2D eigenvalue weighted by Gasteiger charge is 2.30. The van der Waals surface area contributed by atoms with Gasteiger partial charge in [0.25, 0.3) is 0 Å². The Bertz CT molecular complexity index is 1150. The minimum atomic E-state index is -1.48. The number of benzene rings is 1. The first-order valence-corrected chi connectivity index (χ1v) is 10.9. The van der Waals surface area contributed by atoms with Crippen LogP contribution in [0.3, 0.4) is 0 Å². The minimum absolute atomic E-state index is 0.125. The van der Waals surface area contributed by atoms with Crippen molar-refractivity contribution in [3.05, 3.63) is 36.0 Å². The van der Waals surface area contributed by atoms with Gasteiger partial charge in [-0.15, -0.1) is 0 Å². The summed E-state index contributed by atoms with van der Waals surface area (Å²) in [7, 11) is 0. The molecule has 14 heteroatoms. The number of para-hydroxylation sites is 1. The lowest BCUT2D eigenvalue weighted by molar-refractivity contribution is -0.139. The number of nitrogens with two attached hydrogens (primary N) is 3. The smallest absolute Gasteiger partial charge is 0.322 e. The molecule has 2 aromatic rings. The highest BCUT2D eigenvalue weighted by Crippen LogP contribution is 2.18. The van der Waals surface area contributed by atoms with Crippen LogP contribution in [0.1, 0.15) is 24.8 Å². The maximum Gasteiger partial charge on any atom is 0.322 e. The van der Waals surface area contributed by atoms with Gasteiger partial charge in [0.2, 0.25) is 29.5 Å². The van der Waals surface area contributed by atoms with E-state index in [9.17, 15) is 28.8 Å². The number of fused-ring (bicyclic) bond motifs is 1. The quantitative estimate of drug-likeness (QED) is 0.135. The van der Waals surface area contributed by atoms with Crippen molar-refractivity contribution in [1.29, 1.82) is 0 Å². The van der Waals surface area contributed by atoms with Crippen molar-refractivity contribution in [2.45, 2.75) is 43.8 Å².